The van der Waals surface area contributed by atoms with E-state index in [-0.39, 0.29) is 36.0 Å². The van der Waals surface area contributed by atoms with E-state index in [2.05, 4.69) is 15.3 Å². The largest absolute Gasteiger partial charge is 0.349 e. The molecule has 1 saturated carbocycles. The Balaban J connectivity index is 1.57. The molecule has 7 heteroatoms. The van der Waals surface area contributed by atoms with Crippen LogP contribution in [0.5, 0.6) is 0 Å². The van der Waals surface area contributed by atoms with Crippen LogP contribution < -0.4 is 10.9 Å². The van der Waals surface area contributed by atoms with Gasteiger partial charge in [0.1, 0.15) is 17.5 Å². The third kappa shape index (κ3) is 5.23. The first-order valence-corrected chi connectivity index (χ1v) is 10.4. The van der Waals surface area contributed by atoms with Gasteiger partial charge in [0, 0.05) is 18.4 Å². The smallest absolute Gasteiger partial charge is 0.251 e. The molecular formula is C24H23F2N3O2. The van der Waals surface area contributed by atoms with Crippen LogP contribution in [0.3, 0.4) is 0 Å². The minimum Gasteiger partial charge on any atom is -0.349 e. The van der Waals surface area contributed by atoms with Crippen LogP contribution >= 0.6 is 0 Å². The number of carbonyl (C=O) groups is 1. The number of nitrogens with zero attached hydrogens (tertiary/aromatic N) is 1. The summed E-state index contributed by atoms with van der Waals surface area (Å²) >= 11 is 0. The SMILES string of the molecule is O=C(Cc1ccccc1F)N[C@H](Cc1cc(=O)[nH]c(C2CCC2)n1)c1ccc(F)cc1. The molecule has 5 nitrogen and oxygen atoms in total. The van der Waals surface area contributed by atoms with Gasteiger partial charge in [-0.2, -0.15) is 0 Å². The van der Waals surface area contributed by atoms with E-state index < -0.39 is 11.9 Å². The summed E-state index contributed by atoms with van der Waals surface area (Å²) in [5, 5.41) is 2.89. The van der Waals surface area contributed by atoms with Crippen molar-refractivity contribution < 1.29 is 13.6 Å². The van der Waals surface area contributed by atoms with Crippen LogP contribution in [0.15, 0.2) is 59.4 Å². The van der Waals surface area contributed by atoms with Crippen LogP contribution in [-0.2, 0) is 17.6 Å². The minimum atomic E-state index is -0.539. The Bertz CT molecular complexity index is 1120. The molecule has 0 unspecified atom stereocenters. The molecule has 1 amide bonds. The molecule has 1 aliphatic carbocycles. The quantitative estimate of drug-likeness (QED) is 0.604. The van der Waals surface area contributed by atoms with Gasteiger partial charge in [0.2, 0.25) is 5.91 Å². The first-order valence-electron chi connectivity index (χ1n) is 10.4. The van der Waals surface area contributed by atoms with Crippen LogP contribution in [0.4, 0.5) is 8.78 Å². The van der Waals surface area contributed by atoms with Gasteiger partial charge in [-0.15, -0.1) is 0 Å². The Hall–Kier alpha value is -3.35. The van der Waals surface area contributed by atoms with Gasteiger partial charge in [0.25, 0.3) is 5.56 Å². The molecule has 0 radical (unpaired) electrons. The highest BCUT2D eigenvalue weighted by atomic mass is 19.1. The first-order chi connectivity index (χ1) is 15.0. The third-order valence-electron chi connectivity index (χ3n) is 5.63. The van der Waals surface area contributed by atoms with Crippen molar-refractivity contribution in [2.45, 2.75) is 44.1 Å². The summed E-state index contributed by atoms with van der Waals surface area (Å²) in [4.78, 5) is 32.2. The number of benzene rings is 2. The fourth-order valence-corrected chi connectivity index (χ4v) is 3.72. The number of amides is 1. The molecular weight excluding hydrogens is 400 g/mol. The number of aromatic amines is 1. The zero-order valence-electron chi connectivity index (χ0n) is 16.9. The van der Waals surface area contributed by atoms with E-state index in [9.17, 15) is 18.4 Å². The van der Waals surface area contributed by atoms with E-state index in [1.165, 1.54) is 24.3 Å². The van der Waals surface area contributed by atoms with Crippen LogP contribution in [-0.4, -0.2) is 15.9 Å². The third-order valence-corrected chi connectivity index (χ3v) is 5.63. The maximum Gasteiger partial charge on any atom is 0.251 e. The summed E-state index contributed by atoms with van der Waals surface area (Å²) < 4.78 is 27.4. The standard InChI is InChI=1S/C24H23F2N3O2/c25-18-10-8-15(9-11-18)21(28-22(30)12-17-4-1-2-7-20(17)26)13-19-14-23(31)29-24(27-19)16-5-3-6-16/h1-2,4,7-11,14,16,21H,3,5-6,12-13H2,(H,28,30)(H,27,29,31)/t21-/m1/s1. The van der Waals surface area contributed by atoms with E-state index in [1.54, 1.807) is 30.3 Å². The molecule has 0 bridgehead atoms. The molecule has 1 heterocycles. The number of hydrogen-bond acceptors (Lipinski definition) is 3. The van der Waals surface area contributed by atoms with E-state index in [1.807, 2.05) is 0 Å². The Morgan fingerprint density at radius 3 is 2.55 bits per heavy atom. The lowest BCUT2D eigenvalue weighted by atomic mass is 9.85. The van der Waals surface area contributed by atoms with Gasteiger partial charge in [-0.05, 0) is 42.2 Å². The van der Waals surface area contributed by atoms with Gasteiger partial charge >= 0.3 is 0 Å². The average molecular weight is 423 g/mol. The zero-order valence-corrected chi connectivity index (χ0v) is 16.9. The Morgan fingerprint density at radius 1 is 1.13 bits per heavy atom. The summed E-state index contributed by atoms with van der Waals surface area (Å²) in [5.74, 6) is -0.278. The summed E-state index contributed by atoms with van der Waals surface area (Å²) in [5.41, 5.74) is 1.28. The lowest BCUT2D eigenvalue weighted by Gasteiger charge is -2.25. The molecule has 0 aliphatic heterocycles. The number of rotatable bonds is 7. The minimum absolute atomic E-state index is 0.125. The first kappa shape index (κ1) is 20.9. The predicted octanol–water partition coefficient (Wildman–Crippen LogP) is 3.96. The molecule has 0 spiro atoms. The monoisotopic (exact) mass is 423 g/mol. The van der Waals surface area contributed by atoms with Crippen LogP contribution in [0.25, 0.3) is 0 Å². The molecule has 1 aliphatic rings. The van der Waals surface area contributed by atoms with Gasteiger partial charge in [0.05, 0.1) is 18.2 Å². The van der Waals surface area contributed by atoms with Crippen molar-refractivity contribution in [3.05, 3.63) is 99.2 Å². The van der Waals surface area contributed by atoms with Gasteiger partial charge < -0.3 is 10.3 Å². The molecule has 4 rings (SSSR count). The fraction of sp³-hybridized carbons (Fsp3) is 0.292. The molecule has 0 saturated heterocycles. The number of H-pyrrole nitrogens is 1. The van der Waals surface area contributed by atoms with Gasteiger partial charge in [0.15, 0.2) is 0 Å². The van der Waals surface area contributed by atoms with Crippen LogP contribution in [0, 0.1) is 11.6 Å². The van der Waals surface area contributed by atoms with E-state index >= 15 is 0 Å². The second kappa shape index (κ2) is 9.20. The normalized spacial score (nSPS) is 14.6. The summed E-state index contributed by atoms with van der Waals surface area (Å²) in [6.07, 6.45) is 3.24. The van der Waals surface area contributed by atoms with Gasteiger partial charge in [-0.25, -0.2) is 13.8 Å². The maximum absolute atomic E-state index is 13.9. The Morgan fingerprint density at radius 2 is 1.87 bits per heavy atom. The van der Waals surface area contributed by atoms with Crippen molar-refractivity contribution in [1.29, 1.82) is 0 Å². The molecule has 1 aromatic heterocycles. The average Bonchev–Trinajstić information content (AvgIpc) is 2.68. The molecule has 160 valence electrons. The van der Waals surface area contributed by atoms with Crippen molar-refractivity contribution >= 4 is 5.91 Å². The second-order valence-electron chi connectivity index (χ2n) is 7.89. The highest BCUT2D eigenvalue weighted by Crippen LogP contribution is 2.34. The summed E-state index contributed by atoms with van der Waals surface area (Å²) in [6.45, 7) is 0. The van der Waals surface area contributed by atoms with E-state index in [4.69, 9.17) is 0 Å². The Kier molecular flexibility index (Phi) is 6.21. The highest BCUT2D eigenvalue weighted by molar-refractivity contribution is 5.79. The number of halogens is 2. The Labute approximate surface area is 178 Å². The van der Waals surface area contributed by atoms with E-state index in [0.717, 1.165) is 19.3 Å². The van der Waals surface area contributed by atoms with Crippen molar-refractivity contribution in [3.63, 3.8) is 0 Å². The number of carbonyl (C=O) groups excluding carboxylic acids is 1. The molecule has 2 aromatic carbocycles. The lowest BCUT2D eigenvalue weighted by molar-refractivity contribution is -0.121. The molecule has 1 atom stereocenters. The fourth-order valence-electron chi connectivity index (χ4n) is 3.72. The van der Waals surface area contributed by atoms with Crippen molar-refractivity contribution in [1.82, 2.24) is 15.3 Å². The number of aromatic nitrogens is 2. The van der Waals surface area contributed by atoms with Crippen molar-refractivity contribution in [2.24, 2.45) is 0 Å². The molecule has 1 fully saturated rings. The van der Waals surface area contributed by atoms with Crippen LogP contribution in [0.2, 0.25) is 0 Å². The second-order valence-corrected chi connectivity index (χ2v) is 7.89. The van der Waals surface area contributed by atoms with Crippen LogP contribution in [0.1, 0.15) is 53.9 Å². The van der Waals surface area contributed by atoms with E-state index in [0.29, 0.717) is 22.6 Å². The summed E-state index contributed by atoms with van der Waals surface area (Å²) in [7, 11) is 0. The predicted molar refractivity (Wildman–Crippen MR) is 113 cm³/mol. The van der Waals surface area contributed by atoms with Gasteiger partial charge in [-0.1, -0.05) is 36.8 Å². The number of nitrogens with one attached hydrogen (secondary N) is 2. The topological polar surface area (TPSA) is 74.8 Å². The molecule has 2 N–H and O–H groups in total. The highest BCUT2D eigenvalue weighted by Gasteiger charge is 2.23. The lowest BCUT2D eigenvalue weighted by Crippen LogP contribution is -2.32. The maximum atomic E-state index is 13.9. The summed E-state index contributed by atoms with van der Waals surface area (Å²) in [6, 6.07) is 12.8. The zero-order chi connectivity index (χ0) is 21.8. The number of hydrogen-bond donors (Lipinski definition) is 2. The molecule has 31 heavy (non-hydrogen) atoms. The molecule has 3 aromatic rings. The van der Waals surface area contributed by atoms with Gasteiger partial charge in [-0.3, -0.25) is 9.59 Å². The van der Waals surface area contributed by atoms with Crippen molar-refractivity contribution in [3.8, 4) is 0 Å². The van der Waals surface area contributed by atoms with Crippen molar-refractivity contribution in [2.75, 3.05) is 0 Å².